The van der Waals surface area contributed by atoms with E-state index in [-0.39, 0.29) is 47.9 Å². The number of aliphatic hydroxyl groups excluding tert-OH is 1. The summed E-state index contributed by atoms with van der Waals surface area (Å²) in [6, 6.07) is -0.270. The quantitative estimate of drug-likeness (QED) is 0.495. The molecule has 0 amide bonds. The van der Waals surface area contributed by atoms with Crippen LogP contribution >= 0.6 is 11.6 Å². The lowest BCUT2D eigenvalue weighted by Gasteiger charge is -2.23. The summed E-state index contributed by atoms with van der Waals surface area (Å²) in [6.07, 6.45) is 0.353. The van der Waals surface area contributed by atoms with Crippen molar-refractivity contribution in [2.75, 3.05) is 19.0 Å². The van der Waals surface area contributed by atoms with Gasteiger partial charge >= 0.3 is 0 Å². The van der Waals surface area contributed by atoms with Gasteiger partial charge in [0, 0.05) is 12.2 Å². The second-order valence-electron chi connectivity index (χ2n) is 7.55. The fourth-order valence-corrected chi connectivity index (χ4v) is 5.08. The molecule has 1 saturated heterocycles. The molecule has 0 radical (unpaired) electrons. The van der Waals surface area contributed by atoms with E-state index in [1.165, 1.54) is 0 Å². The molecular weight excluding hydrogens is 422 g/mol. The van der Waals surface area contributed by atoms with Crippen LogP contribution in [0.25, 0.3) is 11.2 Å². The number of rotatable bonds is 7. The summed E-state index contributed by atoms with van der Waals surface area (Å²) in [5.41, 5.74) is 0.752. The Morgan fingerprint density at radius 3 is 2.83 bits per heavy atom. The van der Waals surface area contributed by atoms with E-state index in [9.17, 15) is 4.21 Å². The highest BCUT2D eigenvalue weighted by molar-refractivity contribution is 7.84. The summed E-state index contributed by atoms with van der Waals surface area (Å²) in [5.74, 6) is -0.328. The molecule has 12 heteroatoms. The molecular formula is C17H24ClN5O5S. The Balaban J connectivity index is 1.72. The maximum absolute atomic E-state index is 12.4. The lowest BCUT2D eigenvalue weighted by Crippen LogP contribution is -2.31. The van der Waals surface area contributed by atoms with E-state index in [0.717, 1.165) is 6.42 Å². The van der Waals surface area contributed by atoms with Gasteiger partial charge in [-0.05, 0) is 20.3 Å². The largest absolute Gasteiger partial charge is 0.394 e. The van der Waals surface area contributed by atoms with Crippen molar-refractivity contribution in [1.29, 1.82) is 0 Å². The maximum atomic E-state index is 12.4. The second kappa shape index (κ2) is 8.12. The summed E-state index contributed by atoms with van der Waals surface area (Å²) in [5, 5.41) is 17.8. The number of hydrogen-bond donors (Lipinski definition) is 1. The Morgan fingerprint density at radius 2 is 2.10 bits per heavy atom. The van der Waals surface area contributed by atoms with Gasteiger partial charge in [-0.3, -0.25) is 4.21 Å². The van der Waals surface area contributed by atoms with Crippen molar-refractivity contribution in [1.82, 2.24) is 25.0 Å². The van der Waals surface area contributed by atoms with Gasteiger partial charge < -0.3 is 19.3 Å². The van der Waals surface area contributed by atoms with Crippen LogP contribution in [0.3, 0.4) is 0 Å². The van der Waals surface area contributed by atoms with E-state index in [2.05, 4.69) is 20.3 Å². The Bertz CT molecular complexity index is 925. The Morgan fingerprint density at radius 1 is 1.34 bits per heavy atom. The molecule has 10 nitrogen and oxygen atoms in total. The summed E-state index contributed by atoms with van der Waals surface area (Å²) in [6.45, 7) is 5.75. The van der Waals surface area contributed by atoms with Gasteiger partial charge in [0.25, 0.3) is 0 Å². The van der Waals surface area contributed by atoms with Crippen molar-refractivity contribution in [2.24, 2.45) is 0 Å². The van der Waals surface area contributed by atoms with Gasteiger partial charge in [-0.15, -0.1) is 5.10 Å². The van der Waals surface area contributed by atoms with Crippen LogP contribution in [-0.2, 0) is 25.0 Å². The third-order valence-electron chi connectivity index (χ3n) is 4.97. The number of hydrogen-bond acceptors (Lipinski definition) is 9. The van der Waals surface area contributed by atoms with Gasteiger partial charge in [-0.25, -0.2) is 9.67 Å². The number of fused-ring (bicyclic) bond motifs is 2. The van der Waals surface area contributed by atoms with Crippen LogP contribution in [0.4, 0.5) is 0 Å². The van der Waals surface area contributed by atoms with Crippen LogP contribution in [0.5, 0.6) is 0 Å². The van der Waals surface area contributed by atoms with Gasteiger partial charge in [0.05, 0.1) is 36.2 Å². The van der Waals surface area contributed by atoms with Gasteiger partial charge in [0.2, 0.25) is 5.16 Å². The Labute approximate surface area is 175 Å². The molecule has 0 spiro atoms. The predicted octanol–water partition coefficient (Wildman–Crippen LogP) is 1.23. The smallest absolute Gasteiger partial charge is 0.222 e. The van der Waals surface area contributed by atoms with Gasteiger partial charge in [0.1, 0.15) is 12.2 Å². The first kappa shape index (κ1) is 21.0. The topological polar surface area (TPSA) is 121 Å². The second-order valence-corrected chi connectivity index (χ2v) is 9.38. The molecule has 2 fully saturated rings. The predicted molar refractivity (Wildman–Crippen MR) is 104 cm³/mol. The maximum Gasteiger partial charge on any atom is 0.222 e. The minimum absolute atomic E-state index is 0.0789. The summed E-state index contributed by atoms with van der Waals surface area (Å²) in [7, 11) is -1.36. The van der Waals surface area contributed by atoms with E-state index in [1.54, 1.807) is 4.68 Å². The third kappa shape index (κ3) is 3.91. The molecule has 1 aliphatic heterocycles. The zero-order valence-electron chi connectivity index (χ0n) is 16.4. The summed E-state index contributed by atoms with van der Waals surface area (Å²) >= 11 is 6.27. The number of nitrogens with zero attached hydrogens (tertiary/aromatic N) is 5. The molecule has 1 N–H and O–H groups in total. The molecule has 0 aromatic carbocycles. The Hall–Kier alpha value is -1.24. The highest BCUT2D eigenvalue weighted by Crippen LogP contribution is 2.45. The van der Waals surface area contributed by atoms with Crippen LogP contribution in [0.1, 0.15) is 39.7 Å². The number of ether oxygens (including phenoxy) is 3. The van der Waals surface area contributed by atoms with Gasteiger partial charge in [0.15, 0.2) is 22.1 Å². The highest BCUT2D eigenvalue weighted by atomic mass is 35.5. The minimum atomic E-state index is -1.36. The molecule has 1 unspecified atom stereocenters. The van der Waals surface area contributed by atoms with Crippen LogP contribution in [0.2, 0.25) is 5.15 Å². The summed E-state index contributed by atoms with van der Waals surface area (Å²) in [4.78, 5) is 8.60. The third-order valence-corrected chi connectivity index (χ3v) is 6.61. The van der Waals surface area contributed by atoms with Crippen LogP contribution in [0.15, 0.2) is 5.16 Å². The van der Waals surface area contributed by atoms with Crippen molar-refractivity contribution < 1.29 is 23.5 Å². The van der Waals surface area contributed by atoms with Crippen LogP contribution < -0.4 is 0 Å². The van der Waals surface area contributed by atoms with Crippen molar-refractivity contribution in [3.05, 3.63) is 5.15 Å². The highest BCUT2D eigenvalue weighted by Gasteiger charge is 2.56. The molecule has 4 rings (SSSR count). The molecule has 160 valence electrons. The number of aliphatic hydroxyl groups is 1. The standard InChI is InChI=1S/C17H24ClN5O5S/c1-4-7-29(25)16-19-14(18)11-15(20-16)23(22-21-11)9-8-10(26-6-5-24)13-12(9)27-17(2,3)28-13/h9-10,12-13,24H,4-8H2,1-3H3/t9-,10+,12+,13-,29?/m1/s1. The average Bonchev–Trinajstić information content (AvgIpc) is 3.31. The van der Waals surface area contributed by atoms with Crippen molar-refractivity contribution in [3.8, 4) is 0 Å². The number of halogens is 1. The van der Waals surface area contributed by atoms with E-state index in [4.69, 9.17) is 30.9 Å². The fourth-order valence-electron chi connectivity index (χ4n) is 3.90. The summed E-state index contributed by atoms with van der Waals surface area (Å²) < 4.78 is 32.0. The van der Waals surface area contributed by atoms with Crippen LogP contribution in [0, 0.1) is 0 Å². The zero-order chi connectivity index (χ0) is 20.8. The van der Waals surface area contributed by atoms with Crippen LogP contribution in [-0.4, -0.2) is 77.3 Å². The molecule has 1 aliphatic carbocycles. The average molecular weight is 446 g/mol. The first-order chi connectivity index (χ1) is 13.8. The first-order valence-corrected chi connectivity index (χ1v) is 11.3. The van der Waals surface area contributed by atoms with E-state index >= 15 is 0 Å². The fraction of sp³-hybridized carbons (Fsp3) is 0.765. The van der Waals surface area contributed by atoms with E-state index < -0.39 is 16.6 Å². The first-order valence-electron chi connectivity index (χ1n) is 9.59. The number of aromatic nitrogens is 5. The van der Waals surface area contributed by atoms with Gasteiger partial charge in [-0.1, -0.05) is 23.7 Å². The Kier molecular flexibility index (Phi) is 5.88. The van der Waals surface area contributed by atoms with Crippen molar-refractivity contribution in [3.63, 3.8) is 0 Å². The SMILES string of the molecule is CCCS(=O)c1nc(Cl)c2nnn([C@@H]3C[C@H](OCCO)[C@H]4OC(C)(C)O[C@H]43)c2n1. The lowest BCUT2D eigenvalue weighted by molar-refractivity contribution is -0.171. The van der Waals surface area contributed by atoms with Gasteiger partial charge in [-0.2, -0.15) is 4.98 Å². The lowest BCUT2D eigenvalue weighted by atomic mass is 10.2. The molecule has 0 bridgehead atoms. The van der Waals surface area contributed by atoms with Crippen molar-refractivity contribution in [2.45, 2.75) is 68.9 Å². The van der Waals surface area contributed by atoms with E-state index in [1.807, 2.05) is 20.8 Å². The zero-order valence-corrected chi connectivity index (χ0v) is 18.0. The molecule has 2 aromatic heterocycles. The molecule has 2 aromatic rings. The molecule has 29 heavy (non-hydrogen) atoms. The van der Waals surface area contributed by atoms with Crippen molar-refractivity contribution >= 4 is 33.6 Å². The molecule has 3 heterocycles. The molecule has 2 aliphatic rings. The monoisotopic (exact) mass is 445 g/mol. The molecule has 1 saturated carbocycles. The molecule has 5 atom stereocenters. The minimum Gasteiger partial charge on any atom is -0.394 e. The van der Waals surface area contributed by atoms with E-state index in [0.29, 0.717) is 23.3 Å². The normalized spacial score (nSPS) is 29.4.